The summed E-state index contributed by atoms with van der Waals surface area (Å²) in [6.07, 6.45) is 2.19. The van der Waals surface area contributed by atoms with E-state index in [-0.39, 0.29) is 12.4 Å². The fourth-order valence-corrected chi connectivity index (χ4v) is 1.91. The number of anilines is 2. The molecule has 0 atom stereocenters. The van der Waals surface area contributed by atoms with Crippen LogP contribution in [-0.2, 0) is 0 Å². The molecule has 3 heteroatoms. The summed E-state index contributed by atoms with van der Waals surface area (Å²) >= 11 is 0. The predicted molar refractivity (Wildman–Crippen MR) is 79.2 cm³/mol. The van der Waals surface area contributed by atoms with E-state index < -0.39 is 0 Å². The van der Waals surface area contributed by atoms with Crippen LogP contribution < -0.4 is 10.2 Å². The van der Waals surface area contributed by atoms with Gasteiger partial charge in [-0.05, 0) is 30.3 Å². The Labute approximate surface area is 113 Å². The molecule has 0 saturated heterocycles. The van der Waals surface area contributed by atoms with Crippen LogP contribution in [0.3, 0.4) is 0 Å². The molecule has 0 radical (unpaired) electrons. The zero-order valence-electron chi connectivity index (χ0n) is 9.91. The first-order valence-corrected chi connectivity index (χ1v) is 5.78. The van der Waals surface area contributed by atoms with Crippen molar-refractivity contribution in [2.45, 2.75) is 0 Å². The smallest absolute Gasteiger partial charge is 0.108 e. The number of hydrogen-bond donors (Lipinski definition) is 1. The van der Waals surface area contributed by atoms with Crippen molar-refractivity contribution in [1.29, 1.82) is 0 Å². The number of halogens is 1. The van der Waals surface area contributed by atoms with Crippen molar-refractivity contribution in [1.82, 2.24) is 0 Å². The van der Waals surface area contributed by atoms with Gasteiger partial charge in [-0.3, -0.25) is 0 Å². The molecule has 1 heterocycles. The Morgan fingerprint density at radius 2 is 1.44 bits per heavy atom. The maximum Gasteiger partial charge on any atom is 0.108 e. The molecule has 0 spiro atoms. The SMILES string of the molecule is C1=C(Nc2ccccc2)N(c2ccccc2)C1.Cl. The van der Waals surface area contributed by atoms with Gasteiger partial charge in [0.1, 0.15) is 5.82 Å². The number of hydrogen-bond acceptors (Lipinski definition) is 2. The van der Waals surface area contributed by atoms with Crippen LogP contribution in [0.1, 0.15) is 0 Å². The third kappa shape index (κ3) is 2.49. The van der Waals surface area contributed by atoms with Crippen LogP contribution in [0.15, 0.2) is 72.6 Å². The van der Waals surface area contributed by atoms with Gasteiger partial charge in [0, 0.05) is 17.9 Å². The van der Waals surface area contributed by atoms with Gasteiger partial charge in [-0.2, -0.15) is 0 Å². The molecule has 0 amide bonds. The van der Waals surface area contributed by atoms with E-state index in [2.05, 4.69) is 52.7 Å². The normalized spacial score (nSPS) is 13.1. The molecule has 1 aliphatic rings. The Morgan fingerprint density at radius 3 is 2.00 bits per heavy atom. The van der Waals surface area contributed by atoms with Crippen molar-refractivity contribution >= 4 is 23.8 Å². The van der Waals surface area contributed by atoms with Crippen molar-refractivity contribution in [2.75, 3.05) is 16.8 Å². The first-order valence-electron chi connectivity index (χ1n) is 5.78. The van der Waals surface area contributed by atoms with Crippen LogP contribution in [0, 0.1) is 0 Å². The van der Waals surface area contributed by atoms with E-state index in [0.717, 1.165) is 18.1 Å². The fourth-order valence-electron chi connectivity index (χ4n) is 1.91. The molecule has 0 unspecified atom stereocenters. The number of benzene rings is 2. The summed E-state index contributed by atoms with van der Waals surface area (Å²) < 4.78 is 0. The number of nitrogens with one attached hydrogen (secondary N) is 1. The zero-order valence-corrected chi connectivity index (χ0v) is 10.7. The third-order valence-corrected chi connectivity index (χ3v) is 2.87. The van der Waals surface area contributed by atoms with Crippen molar-refractivity contribution in [3.8, 4) is 0 Å². The molecule has 92 valence electrons. The van der Waals surface area contributed by atoms with Crippen molar-refractivity contribution in [3.05, 3.63) is 72.6 Å². The van der Waals surface area contributed by atoms with Gasteiger partial charge in [0.05, 0.1) is 0 Å². The Morgan fingerprint density at radius 1 is 0.833 bits per heavy atom. The molecule has 0 aromatic heterocycles. The van der Waals surface area contributed by atoms with Gasteiger partial charge in [0.15, 0.2) is 0 Å². The summed E-state index contributed by atoms with van der Waals surface area (Å²) in [5, 5.41) is 3.41. The van der Waals surface area contributed by atoms with Crippen molar-refractivity contribution in [2.24, 2.45) is 0 Å². The number of para-hydroxylation sites is 2. The Kier molecular flexibility index (Phi) is 3.90. The Balaban J connectivity index is 0.00000120. The molecular formula is C15H15ClN2. The molecule has 2 aromatic rings. The van der Waals surface area contributed by atoms with Gasteiger partial charge in [-0.1, -0.05) is 36.4 Å². The van der Waals surface area contributed by atoms with Gasteiger partial charge in [0.2, 0.25) is 0 Å². The molecule has 2 aromatic carbocycles. The monoisotopic (exact) mass is 258 g/mol. The Hall–Kier alpha value is -1.93. The summed E-state index contributed by atoms with van der Waals surface area (Å²) in [6, 6.07) is 20.7. The molecule has 1 aliphatic heterocycles. The molecular weight excluding hydrogens is 244 g/mol. The second kappa shape index (κ2) is 5.61. The highest BCUT2D eigenvalue weighted by Gasteiger charge is 2.18. The quantitative estimate of drug-likeness (QED) is 0.899. The van der Waals surface area contributed by atoms with Gasteiger partial charge >= 0.3 is 0 Å². The first-order chi connectivity index (χ1) is 8.43. The summed E-state index contributed by atoms with van der Waals surface area (Å²) in [7, 11) is 0. The lowest BCUT2D eigenvalue weighted by Crippen LogP contribution is -2.35. The molecule has 18 heavy (non-hydrogen) atoms. The van der Waals surface area contributed by atoms with Crippen LogP contribution >= 0.6 is 12.4 Å². The first kappa shape index (κ1) is 12.5. The molecule has 1 N–H and O–H groups in total. The lowest BCUT2D eigenvalue weighted by molar-refractivity contribution is 0.923. The largest absolute Gasteiger partial charge is 0.342 e. The highest BCUT2D eigenvalue weighted by molar-refractivity contribution is 5.85. The lowest BCUT2D eigenvalue weighted by Gasteiger charge is -2.34. The molecule has 0 saturated carbocycles. The van der Waals surface area contributed by atoms with E-state index in [1.165, 1.54) is 5.69 Å². The topological polar surface area (TPSA) is 15.3 Å². The second-order valence-corrected chi connectivity index (χ2v) is 4.03. The lowest BCUT2D eigenvalue weighted by atomic mass is 10.2. The minimum Gasteiger partial charge on any atom is -0.342 e. The average molecular weight is 259 g/mol. The van der Waals surface area contributed by atoms with Crippen molar-refractivity contribution in [3.63, 3.8) is 0 Å². The van der Waals surface area contributed by atoms with E-state index in [9.17, 15) is 0 Å². The van der Waals surface area contributed by atoms with Crippen LogP contribution in [-0.4, -0.2) is 6.54 Å². The number of nitrogens with zero attached hydrogens (tertiary/aromatic N) is 1. The molecule has 0 bridgehead atoms. The third-order valence-electron chi connectivity index (χ3n) is 2.87. The van der Waals surface area contributed by atoms with Crippen LogP contribution in [0.2, 0.25) is 0 Å². The highest BCUT2D eigenvalue weighted by atomic mass is 35.5. The molecule has 0 aliphatic carbocycles. The van der Waals surface area contributed by atoms with Gasteiger partial charge in [0.25, 0.3) is 0 Å². The highest BCUT2D eigenvalue weighted by Crippen LogP contribution is 2.25. The van der Waals surface area contributed by atoms with Crippen LogP contribution in [0.5, 0.6) is 0 Å². The molecule has 3 rings (SSSR count). The van der Waals surface area contributed by atoms with E-state index >= 15 is 0 Å². The van der Waals surface area contributed by atoms with Crippen LogP contribution in [0.25, 0.3) is 0 Å². The summed E-state index contributed by atoms with van der Waals surface area (Å²) in [5.74, 6) is 1.16. The van der Waals surface area contributed by atoms with E-state index in [1.54, 1.807) is 0 Å². The van der Waals surface area contributed by atoms with Crippen LogP contribution in [0.4, 0.5) is 11.4 Å². The standard InChI is InChI=1S/C15H14N2.ClH/c1-3-7-13(8-4-1)16-15-11-12-17(15)14-9-5-2-6-10-14;/h1-11,16H,12H2;1H. The van der Waals surface area contributed by atoms with Crippen molar-refractivity contribution < 1.29 is 0 Å². The number of rotatable bonds is 3. The second-order valence-electron chi connectivity index (χ2n) is 4.03. The summed E-state index contributed by atoms with van der Waals surface area (Å²) in [4.78, 5) is 2.26. The molecule has 0 fully saturated rings. The van der Waals surface area contributed by atoms with Gasteiger partial charge in [-0.15, -0.1) is 12.4 Å². The minimum absolute atomic E-state index is 0. The zero-order chi connectivity index (χ0) is 11.5. The van der Waals surface area contributed by atoms with E-state index in [1.807, 2.05) is 24.3 Å². The maximum atomic E-state index is 3.41. The maximum absolute atomic E-state index is 3.41. The van der Waals surface area contributed by atoms with Gasteiger partial charge in [-0.25, -0.2) is 0 Å². The van der Waals surface area contributed by atoms with Gasteiger partial charge < -0.3 is 10.2 Å². The average Bonchev–Trinajstić information content (AvgIpc) is 2.37. The summed E-state index contributed by atoms with van der Waals surface area (Å²) in [5.41, 5.74) is 2.35. The minimum atomic E-state index is 0. The van der Waals surface area contributed by atoms with E-state index in [0.29, 0.717) is 0 Å². The predicted octanol–water partition coefficient (Wildman–Crippen LogP) is 3.88. The Bertz CT molecular complexity index is 523. The van der Waals surface area contributed by atoms with E-state index in [4.69, 9.17) is 0 Å². The fraction of sp³-hybridized carbons (Fsp3) is 0.0667. The molecule has 2 nitrogen and oxygen atoms in total. The summed E-state index contributed by atoms with van der Waals surface area (Å²) in [6.45, 7) is 0.971.